The zero-order valence-electron chi connectivity index (χ0n) is 15.6. The molecule has 1 atom stereocenters. The molecule has 146 valence electrons. The maximum Gasteiger partial charge on any atom is 0.252 e. The van der Waals surface area contributed by atoms with Crippen LogP contribution in [0.1, 0.15) is 27.7 Å². The fourth-order valence-electron chi connectivity index (χ4n) is 3.35. The number of hydrogen-bond acceptors (Lipinski definition) is 2. The maximum atomic E-state index is 13.0. The fraction of sp³-hybridized carbons (Fsp3) is 0.0870. The molecule has 2 N–H and O–H groups in total. The molecular formula is C23H18BrClN2O2. The number of amides is 1. The summed E-state index contributed by atoms with van der Waals surface area (Å²) in [4.78, 5) is 16.4. The first-order chi connectivity index (χ1) is 14.0. The van der Waals surface area contributed by atoms with Crippen LogP contribution in [0.15, 0.2) is 77.3 Å². The molecule has 0 aliphatic rings. The molecule has 0 spiro atoms. The normalized spacial score (nSPS) is 12.0. The highest BCUT2D eigenvalue weighted by atomic mass is 79.9. The van der Waals surface area contributed by atoms with Crippen LogP contribution >= 0.6 is 27.5 Å². The molecule has 0 aliphatic carbocycles. The molecule has 6 heteroatoms. The van der Waals surface area contributed by atoms with Crippen molar-refractivity contribution < 1.29 is 9.53 Å². The average Bonchev–Trinajstić information content (AvgIpc) is 3.15. The Balaban J connectivity index is 1.81. The van der Waals surface area contributed by atoms with Crippen LogP contribution < -0.4 is 10.1 Å². The van der Waals surface area contributed by atoms with Gasteiger partial charge in [0.15, 0.2) is 0 Å². The number of H-pyrrole nitrogens is 1. The Kier molecular flexibility index (Phi) is 5.60. The molecule has 1 aromatic heterocycles. The Morgan fingerprint density at radius 2 is 1.90 bits per heavy atom. The lowest BCUT2D eigenvalue weighted by Crippen LogP contribution is -2.30. The summed E-state index contributed by atoms with van der Waals surface area (Å²) in [7, 11) is 1.60. The second kappa shape index (κ2) is 8.31. The van der Waals surface area contributed by atoms with Crippen LogP contribution in [0.3, 0.4) is 0 Å². The van der Waals surface area contributed by atoms with Crippen LogP contribution in [0.25, 0.3) is 10.9 Å². The molecule has 4 aromatic rings. The smallest absolute Gasteiger partial charge is 0.252 e. The summed E-state index contributed by atoms with van der Waals surface area (Å²) >= 11 is 9.69. The Morgan fingerprint density at radius 3 is 2.66 bits per heavy atom. The van der Waals surface area contributed by atoms with Crippen molar-refractivity contribution in [3.8, 4) is 5.75 Å². The maximum absolute atomic E-state index is 13.0. The Labute approximate surface area is 182 Å². The quantitative estimate of drug-likeness (QED) is 0.370. The van der Waals surface area contributed by atoms with Crippen molar-refractivity contribution in [1.82, 2.24) is 10.3 Å². The number of carbonyl (C=O) groups excluding carboxylic acids is 1. The van der Waals surface area contributed by atoms with E-state index in [1.165, 1.54) is 0 Å². The predicted octanol–water partition coefficient (Wildman–Crippen LogP) is 6.11. The van der Waals surface area contributed by atoms with E-state index in [1.54, 1.807) is 31.4 Å². The van der Waals surface area contributed by atoms with E-state index in [0.717, 1.165) is 26.6 Å². The van der Waals surface area contributed by atoms with Crippen LogP contribution in [0.5, 0.6) is 5.75 Å². The standard InChI is InChI=1S/C23H18BrClN2O2/c1-29-21-10-9-17(25)13-18(21)22(20-12-14-5-2-3-8-19(14)26-20)27-23(28)15-6-4-7-16(24)11-15/h2-13,22,26H,1H3,(H,27,28). The molecule has 0 radical (unpaired) electrons. The summed E-state index contributed by atoms with van der Waals surface area (Å²) in [6.07, 6.45) is 0. The summed E-state index contributed by atoms with van der Waals surface area (Å²) in [5.41, 5.74) is 3.16. The number of carbonyl (C=O) groups is 1. The zero-order valence-corrected chi connectivity index (χ0v) is 17.9. The van der Waals surface area contributed by atoms with Gasteiger partial charge in [-0.1, -0.05) is 51.8 Å². The molecule has 0 aliphatic heterocycles. The number of halogens is 2. The summed E-state index contributed by atoms with van der Waals surface area (Å²) in [6.45, 7) is 0. The van der Waals surface area contributed by atoms with Gasteiger partial charge < -0.3 is 15.0 Å². The number of benzene rings is 3. The van der Waals surface area contributed by atoms with Gasteiger partial charge in [-0.05, 0) is 53.9 Å². The van der Waals surface area contributed by atoms with Gasteiger partial charge in [0, 0.05) is 31.8 Å². The van der Waals surface area contributed by atoms with Crippen molar-refractivity contribution in [3.05, 3.63) is 99.1 Å². The number of nitrogens with one attached hydrogen (secondary N) is 2. The second-order valence-electron chi connectivity index (χ2n) is 6.62. The van der Waals surface area contributed by atoms with Gasteiger partial charge in [0.2, 0.25) is 0 Å². The second-order valence-corrected chi connectivity index (χ2v) is 7.97. The summed E-state index contributed by atoms with van der Waals surface area (Å²) in [6, 6.07) is 22.2. The third kappa shape index (κ3) is 4.16. The summed E-state index contributed by atoms with van der Waals surface area (Å²) in [5.74, 6) is 0.449. The average molecular weight is 470 g/mol. The topological polar surface area (TPSA) is 54.1 Å². The van der Waals surface area contributed by atoms with Gasteiger partial charge in [-0.2, -0.15) is 0 Å². The van der Waals surface area contributed by atoms with E-state index < -0.39 is 6.04 Å². The highest BCUT2D eigenvalue weighted by Gasteiger charge is 2.23. The van der Waals surface area contributed by atoms with Crippen molar-refractivity contribution in [1.29, 1.82) is 0 Å². The van der Waals surface area contributed by atoms with Gasteiger partial charge in [0.25, 0.3) is 5.91 Å². The van der Waals surface area contributed by atoms with E-state index in [-0.39, 0.29) is 5.91 Å². The first-order valence-corrected chi connectivity index (χ1v) is 10.2. The Bertz CT molecular complexity index is 1160. The molecule has 1 amide bonds. The Hall–Kier alpha value is -2.76. The molecule has 0 fully saturated rings. The molecule has 0 saturated carbocycles. The van der Waals surface area contributed by atoms with Gasteiger partial charge in [-0.3, -0.25) is 4.79 Å². The van der Waals surface area contributed by atoms with Crippen molar-refractivity contribution in [3.63, 3.8) is 0 Å². The van der Waals surface area contributed by atoms with Crippen LogP contribution in [0, 0.1) is 0 Å². The monoisotopic (exact) mass is 468 g/mol. The summed E-state index contributed by atoms with van der Waals surface area (Å²) in [5, 5.41) is 4.75. The lowest BCUT2D eigenvalue weighted by molar-refractivity contribution is 0.0942. The van der Waals surface area contributed by atoms with Gasteiger partial charge >= 0.3 is 0 Å². The number of hydrogen-bond donors (Lipinski definition) is 2. The van der Waals surface area contributed by atoms with Crippen LogP contribution in [-0.2, 0) is 0 Å². The lowest BCUT2D eigenvalue weighted by Gasteiger charge is -2.21. The van der Waals surface area contributed by atoms with Crippen LogP contribution in [-0.4, -0.2) is 18.0 Å². The molecule has 1 unspecified atom stereocenters. The Morgan fingerprint density at radius 1 is 1.07 bits per heavy atom. The number of aromatic amines is 1. The third-order valence-electron chi connectivity index (χ3n) is 4.73. The van der Waals surface area contributed by atoms with Crippen LogP contribution in [0.2, 0.25) is 5.02 Å². The molecule has 4 rings (SSSR count). The van der Waals surface area contributed by atoms with E-state index in [4.69, 9.17) is 16.3 Å². The number of methoxy groups -OCH3 is 1. The van der Waals surface area contributed by atoms with Crippen molar-refractivity contribution >= 4 is 44.3 Å². The zero-order chi connectivity index (χ0) is 20.4. The number of aromatic nitrogens is 1. The molecule has 4 nitrogen and oxygen atoms in total. The number of fused-ring (bicyclic) bond motifs is 1. The first kappa shape index (κ1) is 19.6. The van der Waals surface area contributed by atoms with Crippen LogP contribution in [0.4, 0.5) is 0 Å². The van der Waals surface area contributed by atoms with E-state index in [9.17, 15) is 4.79 Å². The van der Waals surface area contributed by atoms with Crippen molar-refractivity contribution in [2.45, 2.75) is 6.04 Å². The van der Waals surface area contributed by atoms with Gasteiger partial charge in [0.05, 0.1) is 13.2 Å². The molecule has 0 bridgehead atoms. The largest absolute Gasteiger partial charge is 0.496 e. The lowest BCUT2D eigenvalue weighted by atomic mass is 10.0. The number of rotatable bonds is 5. The number of ether oxygens (including phenoxy) is 1. The van der Waals surface area contributed by atoms with E-state index in [1.807, 2.05) is 48.5 Å². The molecular weight excluding hydrogens is 452 g/mol. The van der Waals surface area contributed by atoms with Crippen molar-refractivity contribution in [2.75, 3.05) is 7.11 Å². The minimum absolute atomic E-state index is 0.197. The molecule has 1 heterocycles. The van der Waals surface area contributed by atoms with E-state index in [2.05, 4.69) is 26.2 Å². The first-order valence-electron chi connectivity index (χ1n) is 9.02. The minimum atomic E-state index is -0.470. The molecule has 29 heavy (non-hydrogen) atoms. The van der Waals surface area contributed by atoms with E-state index >= 15 is 0 Å². The predicted molar refractivity (Wildman–Crippen MR) is 120 cm³/mol. The van der Waals surface area contributed by atoms with E-state index in [0.29, 0.717) is 16.3 Å². The van der Waals surface area contributed by atoms with Crippen molar-refractivity contribution in [2.24, 2.45) is 0 Å². The molecule has 0 saturated heterocycles. The SMILES string of the molecule is COc1ccc(Cl)cc1C(NC(=O)c1cccc(Br)c1)c1cc2ccccc2[nH]1. The highest BCUT2D eigenvalue weighted by molar-refractivity contribution is 9.10. The third-order valence-corrected chi connectivity index (χ3v) is 5.46. The van der Waals surface area contributed by atoms with Gasteiger partial charge in [-0.25, -0.2) is 0 Å². The minimum Gasteiger partial charge on any atom is -0.496 e. The van der Waals surface area contributed by atoms with Gasteiger partial charge in [0.1, 0.15) is 5.75 Å². The number of para-hydroxylation sites is 1. The van der Waals surface area contributed by atoms with Gasteiger partial charge in [-0.15, -0.1) is 0 Å². The highest BCUT2D eigenvalue weighted by Crippen LogP contribution is 2.33. The fourth-order valence-corrected chi connectivity index (χ4v) is 3.93. The molecule has 3 aromatic carbocycles. The summed E-state index contributed by atoms with van der Waals surface area (Å²) < 4.78 is 6.39.